The largest absolute Gasteiger partial charge is 0.508 e. The van der Waals surface area contributed by atoms with Gasteiger partial charge in [0.2, 0.25) is 0 Å². The average molecular weight is 352 g/mol. The van der Waals surface area contributed by atoms with Crippen LogP contribution in [-0.4, -0.2) is 38.6 Å². The van der Waals surface area contributed by atoms with Gasteiger partial charge in [-0.1, -0.05) is 56.9 Å². The topological polar surface area (TPSA) is 98.0 Å². The molecule has 142 valence electrons. The van der Waals surface area contributed by atoms with E-state index < -0.39 is 18.2 Å². The SMILES string of the molecule is CCCCCC(O)C(O)CCCC/C=C(O)/C=C/C=C/C=C/C(=O)O. The zero-order valence-corrected chi connectivity index (χ0v) is 15.1. The number of allylic oxidation sites excluding steroid dienone is 6. The summed E-state index contributed by atoms with van der Waals surface area (Å²) in [6.45, 7) is 2.10. The molecule has 0 aromatic rings. The second kappa shape index (κ2) is 15.7. The van der Waals surface area contributed by atoms with E-state index in [0.29, 0.717) is 19.3 Å². The summed E-state index contributed by atoms with van der Waals surface area (Å²) in [5.41, 5.74) is 0. The van der Waals surface area contributed by atoms with Crippen LogP contribution in [0.5, 0.6) is 0 Å². The molecule has 2 unspecified atom stereocenters. The van der Waals surface area contributed by atoms with Gasteiger partial charge in [0.15, 0.2) is 0 Å². The summed E-state index contributed by atoms with van der Waals surface area (Å²) in [5, 5.41) is 37.7. The van der Waals surface area contributed by atoms with Crippen molar-refractivity contribution in [1.29, 1.82) is 0 Å². The fourth-order valence-corrected chi connectivity index (χ4v) is 2.22. The van der Waals surface area contributed by atoms with Crippen LogP contribution in [0.4, 0.5) is 0 Å². The van der Waals surface area contributed by atoms with E-state index in [1.807, 2.05) is 0 Å². The summed E-state index contributed by atoms with van der Waals surface area (Å²) in [7, 11) is 0. The predicted molar refractivity (Wildman–Crippen MR) is 100 cm³/mol. The van der Waals surface area contributed by atoms with E-state index in [4.69, 9.17) is 5.11 Å². The Morgan fingerprint density at radius 2 is 1.40 bits per heavy atom. The number of aliphatic carboxylic acids is 1. The molecule has 2 atom stereocenters. The van der Waals surface area contributed by atoms with Crippen LogP contribution in [0.2, 0.25) is 0 Å². The minimum atomic E-state index is -1.00. The van der Waals surface area contributed by atoms with Gasteiger partial charge < -0.3 is 20.4 Å². The first-order valence-electron chi connectivity index (χ1n) is 8.97. The van der Waals surface area contributed by atoms with Crippen LogP contribution in [-0.2, 0) is 4.79 Å². The summed E-state index contributed by atoms with van der Waals surface area (Å²) in [6.07, 6.45) is 15.8. The first-order valence-corrected chi connectivity index (χ1v) is 8.97. The molecule has 4 N–H and O–H groups in total. The van der Waals surface area contributed by atoms with Crippen LogP contribution < -0.4 is 0 Å². The van der Waals surface area contributed by atoms with Gasteiger partial charge in [0.25, 0.3) is 0 Å². The number of hydrogen-bond donors (Lipinski definition) is 4. The minimum absolute atomic E-state index is 0.145. The Bertz CT molecular complexity index is 463. The molecule has 0 aliphatic rings. The van der Waals surface area contributed by atoms with Crippen molar-refractivity contribution in [2.75, 3.05) is 0 Å². The number of aliphatic hydroxyl groups excluding tert-OH is 3. The van der Waals surface area contributed by atoms with E-state index in [2.05, 4.69) is 6.92 Å². The summed E-state index contributed by atoms with van der Waals surface area (Å²) < 4.78 is 0. The fourth-order valence-electron chi connectivity index (χ4n) is 2.22. The van der Waals surface area contributed by atoms with Gasteiger partial charge in [-0.15, -0.1) is 0 Å². The van der Waals surface area contributed by atoms with Gasteiger partial charge in [-0.25, -0.2) is 4.79 Å². The highest BCUT2D eigenvalue weighted by Gasteiger charge is 2.14. The molecule has 0 aliphatic heterocycles. The fraction of sp³-hybridized carbons (Fsp3) is 0.550. The molecule has 0 rings (SSSR count). The zero-order chi connectivity index (χ0) is 18.9. The Labute approximate surface area is 150 Å². The molecule has 0 heterocycles. The van der Waals surface area contributed by atoms with Crippen molar-refractivity contribution in [3.05, 3.63) is 48.3 Å². The van der Waals surface area contributed by atoms with Crippen molar-refractivity contribution >= 4 is 5.97 Å². The summed E-state index contributed by atoms with van der Waals surface area (Å²) >= 11 is 0. The predicted octanol–water partition coefficient (Wildman–Crippen LogP) is 4.04. The van der Waals surface area contributed by atoms with E-state index in [1.54, 1.807) is 24.3 Å². The van der Waals surface area contributed by atoms with Gasteiger partial charge in [0, 0.05) is 6.08 Å². The summed E-state index contributed by atoms with van der Waals surface area (Å²) in [5.74, 6) is -0.859. The highest BCUT2D eigenvalue weighted by Crippen LogP contribution is 2.13. The van der Waals surface area contributed by atoms with Gasteiger partial charge in [-0.2, -0.15) is 0 Å². The Balaban J connectivity index is 3.86. The average Bonchev–Trinajstić information content (AvgIpc) is 2.57. The number of unbranched alkanes of at least 4 members (excludes halogenated alkanes) is 4. The lowest BCUT2D eigenvalue weighted by Gasteiger charge is -2.17. The maximum atomic E-state index is 10.2. The third-order valence-corrected chi connectivity index (χ3v) is 3.69. The second-order valence-corrected chi connectivity index (χ2v) is 5.99. The highest BCUT2D eigenvalue weighted by molar-refractivity contribution is 5.80. The molecule has 0 bridgehead atoms. The molecule has 25 heavy (non-hydrogen) atoms. The van der Waals surface area contributed by atoms with Crippen LogP contribution >= 0.6 is 0 Å². The summed E-state index contributed by atoms with van der Waals surface area (Å²) in [4.78, 5) is 10.2. The second-order valence-electron chi connectivity index (χ2n) is 5.99. The van der Waals surface area contributed by atoms with E-state index in [9.17, 15) is 20.1 Å². The van der Waals surface area contributed by atoms with E-state index in [-0.39, 0.29) is 5.76 Å². The lowest BCUT2D eigenvalue weighted by Crippen LogP contribution is -2.25. The zero-order valence-electron chi connectivity index (χ0n) is 15.1. The molecular formula is C20H32O5. The summed E-state index contributed by atoms with van der Waals surface area (Å²) in [6, 6.07) is 0. The first-order chi connectivity index (χ1) is 12.0. The van der Waals surface area contributed by atoms with Crippen LogP contribution in [0, 0.1) is 0 Å². The lowest BCUT2D eigenvalue weighted by molar-refractivity contribution is -0.131. The molecule has 0 fully saturated rings. The number of carbonyl (C=O) groups is 1. The lowest BCUT2D eigenvalue weighted by atomic mass is 10.0. The number of hydrogen-bond acceptors (Lipinski definition) is 4. The molecule has 0 aromatic carbocycles. The van der Waals surface area contributed by atoms with Gasteiger partial charge >= 0.3 is 5.97 Å². The van der Waals surface area contributed by atoms with Gasteiger partial charge in [-0.3, -0.25) is 0 Å². The van der Waals surface area contributed by atoms with Crippen LogP contribution in [0.15, 0.2) is 48.3 Å². The Morgan fingerprint density at radius 3 is 1.96 bits per heavy atom. The van der Waals surface area contributed by atoms with Crippen molar-refractivity contribution in [1.82, 2.24) is 0 Å². The molecular weight excluding hydrogens is 320 g/mol. The van der Waals surface area contributed by atoms with Crippen LogP contribution in [0.1, 0.15) is 58.3 Å². The van der Waals surface area contributed by atoms with Crippen LogP contribution in [0.3, 0.4) is 0 Å². The molecule has 0 radical (unpaired) electrons. The van der Waals surface area contributed by atoms with Crippen molar-refractivity contribution < 1.29 is 25.2 Å². The number of aliphatic hydroxyl groups is 3. The maximum absolute atomic E-state index is 10.2. The Morgan fingerprint density at radius 1 is 0.840 bits per heavy atom. The van der Waals surface area contributed by atoms with Gasteiger partial charge in [0.1, 0.15) is 5.76 Å². The smallest absolute Gasteiger partial charge is 0.328 e. The first kappa shape index (κ1) is 23.1. The molecule has 0 aromatic heterocycles. The highest BCUT2D eigenvalue weighted by atomic mass is 16.4. The monoisotopic (exact) mass is 352 g/mol. The Hall–Kier alpha value is -1.85. The molecule has 0 saturated heterocycles. The quantitative estimate of drug-likeness (QED) is 0.164. The molecule has 0 amide bonds. The standard InChI is InChI=1S/C20H32O5/c1-2-3-7-14-18(22)19(23)15-10-6-9-13-17(21)12-8-4-5-11-16-20(24)25/h4-5,8,11-13,16,18-19,21-23H,2-3,6-7,9-10,14-15H2,1H3,(H,24,25)/b5-4+,12-8+,16-11+,17-13-. The third kappa shape index (κ3) is 15.4. The van der Waals surface area contributed by atoms with Crippen molar-refractivity contribution in [3.8, 4) is 0 Å². The molecule has 0 spiro atoms. The van der Waals surface area contributed by atoms with E-state index in [0.717, 1.165) is 38.2 Å². The maximum Gasteiger partial charge on any atom is 0.328 e. The van der Waals surface area contributed by atoms with Gasteiger partial charge in [-0.05, 0) is 37.8 Å². The van der Waals surface area contributed by atoms with Crippen molar-refractivity contribution in [2.24, 2.45) is 0 Å². The molecule has 5 heteroatoms. The van der Waals surface area contributed by atoms with Crippen molar-refractivity contribution in [2.45, 2.75) is 70.5 Å². The molecule has 0 aliphatic carbocycles. The number of carboxylic acids is 1. The van der Waals surface area contributed by atoms with Crippen LogP contribution in [0.25, 0.3) is 0 Å². The molecule has 5 nitrogen and oxygen atoms in total. The third-order valence-electron chi connectivity index (χ3n) is 3.69. The minimum Gasteiger partial charge on any atom is -0.508 e. The Kier molecular flexibility index (Phi) is 14.5. The number of rotatable bonds is 14. The van der Waals surface area contributed by atoms with E-state index >= 15 is 0 Å². The van der Waals surface area contributed by atoms with Crippen molar-refractivity contribution in [3.63, 3.8) is 0 Å². The van der Waals surface area contributed by atoms with Gasteiger partial charge in [0.05, 0.1) is 12.2 Å². The van der Waals surface area contributed by atoms with E-state index in [1.165, 1.54) is 12.2 Å². The normalized spacial score (nSPS) is 15.4. The number of carboxylic acid groups (broad SMARTS) is 1. The molecule has 0 saturated carbocycles.